The Labute approximate surface area is 155 Å². The summed E-state index contributed by atoms with van der Waals surface area (Å²) < 4.78 is 0. The van der Waals surface area contributed by atoms with Gasteiger partial charge in [-0.1, -0.05) is 6.07 Å². The first kappa shape index (κ1) is 19.7. The van der Waals surface area contributed by atoms with Gasteiger partial charge in [0.2, 0.25) is 11.8 Å². The lowest BCUT2D eigenvalue weighted by Gasteiger charge is -2.36. The summed E-state index contributed by atoms with van der Waals surface area (Å²) in [5, 5.41) is 0. The van der Waals surface area contributed by atoms with Gasteiger partial charge in [0.1, 0.15) is 5.92 Å². The third-order valence-corrected chi connectivity index (χ3v) is 5.20. The van der Waals surface area contributed by atoms with Crippen molar-refractivity contribution in [3.05, 3.63) is 29.3 Å². The average molecular weight is 366 g/mol. The number of nitrogens with two attached hydrogens (primary N) is 1. The number of benzene rings is 1. The molecule has 1 aromatic carbocycles. The van der Waals surface area contributed by atoms with Crippen molar-refractivity contribution in [2.45, 2.75) is 45.6 Å². The number of carbonyl (C=O) groups excluding carboxylic acids is 2. The van der Waals surface area contributed by atoms with E-state index in [9.17, 15) is 9.59 Å². The van der Waals surface area contributed by atoms with E-state index < -0.39 is 5.92 Å². The molecule has 2 aliphatic rings. The van der Waals surface area contributed by atoms with Crippen molar-refractivity contribution >= 4 is 29.9 Å². The number of nitrogens with zero attached hydrogens (tertiary/aromatic N) is 2. The number of carbonyl (C=O) groups is 2. The maximum atomic E-state index is 12.9. The molecule has 6 heteroatoms. The molecular weight excluding hydrogens is 338 g/mol. The zero-order valence-corrected chi connectivity index (χ0v) is 15.8. The van der Waals surface area contributed by atoms with Crippen LogP contribution in [-0.4, -0.2) is 42.4 Å². The van der Waals surface area contributed by atoms with Gasteiger partial charge >= 0.3 is 0 Å². The minimum absolute atomic E-state index is 0. The first-order valence-electron chi connectivity index (χ1n) is 8.91. The smallest absolute Gasteiger partial charge is 0.239 e. The summed E-state index contributed by atoms with van der Waals surface area (Å²) >= 11 is 0. The van der Waals surface area contributed by atoms with Crippen LogP contribution in [0.3, 0.4) is 0 Å². The molecule has 0 saturated carbocycles. The first-order chi connectivity index (χ1) is 11.5. The fourth-order valence-corrected chi connectivity index (χ4v) is 4.01. The molecule has 0 bridgehead atoms. The summed E-state index contributed by atoms with van der Waals surface area (Å²) in [6.07, 6.45) is 3.66. The summed E-state index contributed by atoms with van der Waals surface area (Å²) in [5.74, 6) is -0.633. The predicted octanol–water partition coefficient (Wildman–Crippen LogP) is 2.42. The molecule has 5 nitrogen and oxygen atoms in total. The van der Waals surface area contributed by atoms with E-state index in [0.717, 1.165) is 42.6 Å². The van der Waals surface area contributed by atoms with Crippen LogP contribution >= 0.6 is 12.4 Å². The lowest BCUT2D eigenvalue weighted by molar-refractivity contribution is -0.142. The summed E-state index contributed by atoms with van der Waals surface area (Å²) in [5.41, 5.74) is 8.99. The molecule has 25 heavy (non-hydrogen) atoms. The van der Waals surface area contributed by atoms with Gasteiger partial charge in [0.15, 0.2) is 0 Å². The SMILES string of the molecule is Cc1cc(C)cc(N2CCC(C(=O)N3CCCCC3CN)C2=O)c1.Cl. The summed E-state index contributed by atoms with van der Waals surface area (Å²) in [4.78, 5) is 29.4. The van der Waals surface area contributed by atoms with Crippen LogP contribution in [0.25, 0.3) is 0 Å². The first-order valence-corrected chi connectivity index (χ1v) is 8.91. The minimum Gasteiger partial charge on any atom is -0.338 e. The minimum atomic E-state index is -0.544. The number of hydrogen-bond acceptors (Lipinski definition) is 3. The molecule has 2 atom stereocenters. The number of rotatable bonds is 3. The van der Waals surface area contributed by atoms with Gasteiger partial charge < -0.3 is 15.5 Å². The number of likely N-dealkylation sites (tertiary alicyclic amines) is 1. The van der Waals surface area contributed by atoms with Crippen molar-refractivity contribution in [1.29, 1.82) is 0 Å². The van der Waals surface area contributed by atoms with Crippen molar-refractivity contribution in [3.63, 3.8) is 0 Å². The molecule has 138 valence electrons. The van der Waals surface area contributed by atoms with Crippen molar-refractivity contribution in [2.24, 2.45) is 11.7 Å². The van der Waals surface area contributed by atoms with Crippen LogP contribution in [0, 0.1) is 19.8 Å². The lowest BCUT2D eigenvalue weighted by atomic mass is 9.98. The van der Waals surface area contributed by atoms with Gasteiger partial charge in [-0.05, 0) is 62.8 Å². The van der Waals surface area contributed by atoms with Crippen LogP contribution in [0.15, 0.2) is 18.2 Å². The molecule has 1 aromatic rings. The molecule has 2 aliphatic heterocycles. The third kappa shape index (κ3) is 3.98. The molecule has 0 aliphatic carbocycles. The molecule has 2 heterocycles. The van der Waals surface area contributed by atoms with Crippen LogP contribution in [0.2, 0.25) is 0 Å². The zero-order chi connectivity index (χ0) is 17.3. The Morgan fingerprint density at radius 3 is 2.44 bits per heavy atom. The second-order valence-corrected chi connectivity index (χ2v) is 7.09. The highest BCUT2D eigenvalue weighted by atomic mass is 35.5. The number of amides is 2. The standard InChI is InChI=1S/C19H27N3O2.ClH/c1-13-9-14(2)11-16(10-13)22-8-6-17(19(22)24)18(23)21-7-4-3-5-15(21)12-20;/h9-11,15,17H,3-8,12,20H2,1-2H3;1H. The Kier molecular flexibility index (Phi) is 6.47. The maximum Gasteiger partial charge on any atom is 0.239 e. The molecule has 0 spiro atoms. The number of halogens is 1. The fourth-order valence-electron chi connectivity index (χ4n) is 4.01. The van der Waals surface area contributed by atoms with Crippen molar-refractivity contribution in [2.75, 3.05) is 24.5 Å². The van der Waals surface area contributed by atoms with E-state index in [4.69, 9.17) is 5.73 Å². The summed E-state index contributed by atoms with van der Waals surface area (Å²) in [6, 6.07) is 6.21. The van der Waals surface area contributed by atoms with Gasteiger partial charge in [0, 0.05) is 31.4 Å². The van der Waals surface area contributed by atoms with Crippen molar-refractivity contribution in [1.82, 2.24) is 4.90 Å². The molecule has 0 aromatic heterocycles. The second kappa shape index (κ2) is 8.19. The number of anilines is 1. The lowest BCUT2D eigenvalue weighted by Crippen LogP contribution is -2.50. The monoisotopic (exact) mass is 365 g/mol. The molecular formula is C19H28ClN3O2. The largest absolute Gasteiger partial charge is 0.338 e. The second-order valence-electron chi connectivity index (χ2n) is 7.09. The van der Waals surface area contributed by atoms with E-state index in [1.807, 2.05) is 30.9 Å². The zero-order valence-electron chi connectivity index (χ0n) is 15.0. The molecule has 2 saturated heterocycles. The molecule has 2 unspecified atom stereocenters. The molecule has 3 rings (SSSR count). The summed E-state index contributed by atoms with van der Waals surface area (Å²) in [7, 11) is 0. The molecule has 2 amide bonds. The van der Waals surface area contributed by atoms with E-state index in [1.165, 1.54) is 0 Å². The average Bonchev–Trinajstić information content (AvgIpc) is 2.95. The predicted molar refractivity (Wildman–Crippen MR) is 102 cm³/mol. The van der Waals surface area contributed by atoms with E-state index in [1.54, 1.807) is 4.90 Å². The van der Waals surface area contributed by atoms with Gasteiger partial charge in [0.25, 0.3) is 0 Å². The highest BCUT2D eigenvalue weighted by Gasteiger charge is 2.41. The van der Waals surface area contributed by atoms with Gasteiger partial charge in [-0.25, -0.2) is 0 Å². The van der Waals surface area contributed by atoms with Crippen LogP contribution < -0.4 is 10.6 Å². The third-order valence-electron chi connectivity index (χ3n) is 5.20. The quantitative estimate of drug-likeness (QED) is 0.836. The van der Waals surface area contributed by atoms with Gasteiger partial charge in [-0.2, -0.15) is 0 Å². The Morgan fingerprint density at radius 2 is 1.80 bits per heavy atom. The molecule has 0 radical (unpaired) electrons. The maximum absolute atomic E-state index is 12.9. The Bertz CT molecular complexity index is 629. The van der Waals surface area contributed by atoms with Crippen LogP contribution in [-0.2, 0) is 9.59 Å². The Morgan fingerprint density at radius 1 is 1.12 bits per heavy atom. The van der Waals surface area contributed by atoms with Gasteiger partial charge in [-0.15, -0.1) is 12.4 Å². The van der Waals surface area contributed by atoms with E-state index in [2.05, 4.69) is 6.07 Å². The normalized spacial score (nSPS) is 23.6. The van der Waals surface area contributed by atoms with Crippen LogP contribution in [0.4, 0.5) is 5.69 Å². The summed E-state index contributed by atoms with van der Waals surface area (Å²) in [6.45, 7) is 5.87. The topological polar surface area (TPSA) is 66.6 Å². The number of hydrogen-bond donors (Lipinski definition) is 1. The number of aryl methyl sites for hydroxylation is 2. The fraction of sp³-hybridized carbons (Fsp3) is 0.579. The van der Waals surface area contributed by atoms with Gasteiger partial charge in [-0.3, -0.25) is 9.59 Å². The molecule has 2 N–H and O–H groups in total. The van der Waals surface area contributed by atoms with E-state index in [-0.39, 0.29) is 30.3 Å². The van der Waals surface area contributed by atoms with Crippen LogP contribution in [0.1, 0.15) is 36.8 Å². The van der Waals surface area contributed by atoms with Crippen molar-refractivity contribution in [3.8, 4) is 0 Å². The van der Waals surface area contributed by atoms with Crippen molar-refractivity contribution < 1.29 is 9.59 Å². The van der Waals surface area contributed by atoms with Crippen LogP contribution in [0.5, 0.6) is 0 Å². The Hall–Kier alpha value is -1.59. The van der Waals surface area contributed by atoms with Gasteiger partial charge in [0.05, 0.1) is 0 Å². The highest BCUT2D eigenvalue weighted by molar-refractivity contribution is 6.09. The highest BCUT2D eigenvalue weighted by Crippen LogP contribution is 2.29. The van der Waals surface area contributed by atoms with E-state index >= 15 is 0 Å². The molecule has 2 fully saturated rings. The number of piperidine rings is 1. The van der Waals surface area contributed by atoms with E-state index in [0.29, 0.717) is 19.5 Å². The Balaban J connectivity index is 0.00000225.